The first-order chi connectivity index (χ1) is 10.6. The average molecular weight is 327 g/mol. The van der Waals surface area contributed by atoms with E-state index in [1.54, 1.807) is 13.0 Å². The Morgan fingerprint density at radius 3 is 2.35 bits per heavy atom. The monoisotopic (exact) mass is 327 g/mol. The summed E-state index contributed by atoms with van der Waals surface area (Å²) in [4.78, 5) is 36.0. The minimum Gasteiger partial charge on any atom is -0.464 e. The average Bonchev–Trinajstić information content (AvgIpc) is 2.42. The summed E-state index contributed by atoms with van der Waals surface area (Å²) in [6.45, 7) is 10.7. The Morgan fingerprint density at radius 2 is 1.91 bits per heavy atom. The van der Waals surface area contributed by atoms with Crippen LogP contribution in [0.4, 0.5) is 0 Å². The number of carbonyl (C=O) groups is 3. The maximum absolute atomic E-state index is 12.3. The molecule has 0 aliphatic heterocycles. The zero-order valence-electron chi connectivity index (χ0n) is 14.6. The lowest BCUT2D eigenvalue weighted by Gasteiger charge is -2.21. The maximum Gasteiger partial charge on any atom is 0.331 e. The number of amides is 1. The largest absolute Gasteiger partial charge is 0.464 e. The van der Waals surface area contributed by atoms with Crippen LogP contribution in [0.15, 0.2) is 12.7 Å². The van der Waals surface area contributed by atoms with Crippen molar-refractivity contribution in [2.75, 3.05) is 13.2 Å². The van der Waals surface area contributed by atoms with Crippen LogP contribution in [0.2, 0.25) is 0 Å². The van der Waals surface area contributed by atoms with Crippen molar-refractivity contribution in [3.05, 3.63) is 12.7 Å². The molecule has 2 N–H and O–H groups in total. The fourth-order valence-electron chi connectivity index (χ4n) is 2.13. The van der Waals surface area contributed by atoms with Crippen LogP contribution < -0.4 is 5.32 Å². The molecular weight excluding hydrogens is 298 g/mol. The summed E-state index contributed by atoms with van der Waals surface area (Å²) < 4.78 is 4.78. The van der Waals surface area contributed by atoms with E-state index in [1.165, 1.54) is 0 Å². The molecule has 1 amide bonds. The molecule has 23 heavy (non-hydrogen) atoms. The third-order valence-electron chi connectivity index (χ3n) is 3.09. The van der Waals surface area contributed by atoms with Gasteiger partial charge >= 0.3 is 5.97 Å². The van der Waals surface area contributed by atoms with Gasteiger partial charge in [0.05, 0.1) is 13.2 Å². The number of hydrogen-bond donors (Lipinski definition) is 2. The van der Waals surface area contributed by atoms with E-state index in [2.05, 4.69) is 11.9 Å². The molecule has 0 saturated heterocycles. The van der Waals surface area contributed by atoms with E-state index >= 15 is 0 Å². The highest BCUT2D eigenvalue weighted by molar-refractivity contribution is 5.90. The summed E-state index contributed by atoms with van der Waals surface area (Å²) in [5, 5.41) is 11.7. The van der Waals surface area contributed by atoms with Gasteiger partial charge in [0.15, 0.2) is 6.04 Å². The SMILES string of the molecule is C=CC[C@H](CC(=O)CC(C)(C)C)C(=O)N[C@@H](CO)C(=O)OCC. The van der Waals surface area contributed by atoms with Crippen molar-refractivity contribution < 1.29 is 24.2 Å². The Balaban J connectivity index is 4.80. The number of allylic oxidation sites excluding steroid dienone is 1. The van der Waals surface area contributed by atoms with E-state index in [9.17, 15) is 19.5 Å². The highest BCUT2D eigenvalue weighted by Crippen LogP contribution is 2.22. The second-order valence-electron chi connectivity index (χ2n) is 6.70. The molecule has 6 heteroatoms. The summed E-state index contributed by atoms with van der Waals surface area (Å²) in [6.07, 6.45) is 2.33. The van der Waals surface area contributed by atoms with Crippen LogP contribution in [0.25, 0.3) is 0 Å². The Kier molecular flexibility index (Phi) is 9.41. The standard InChI is InChI=1S/C17H29NO5/c1-6-8-12(9-13(20)10-17(3,4)5)15(21)18-14(11-19)16(22)23-7-2/h6,12,14,19H,1,7-11H2,2-5H3,(H,18,21)/t12-,14+/m1/s1. The van der Waals surface area contributed by atoms with Crippen molar-refractivity contribution in [2.45, 2.75) is 53.0 Å². The third kappa shape index (κ3) is 9.13. The van der Waals surface area contributed by atoms with E-state index in [4.69, 9.17) is 4.74 Å². The number of esters is 1. The summed E-state index contributed by atoms with van der Waals surface area (Å²) >= 11 is 0. The van der Waals surface area contributed by atoms with Gasteiger partial charge in [0.1, 0.15) is 5.78 Å². The summed E-state index contributed by atoms with van der Waals surface area (Å²) in [5.41, 5.74) is -0.148. The Morgan fingerprint density at radius 1 is 1.30 bits per heavy atom. The molecule has 132 valence electrons. The van der Waals surface area contributed by atoms with Crippen molar-refractivity contribution in [2.24, 2.45) is 11.3 Å². The molecule has 2 atom stereocenters. The van der Waals surface area contributed by atoms with E-state index in [-0.39, 0.29) is 24.2 Å². The van der Waals surface area contributed by atoms with Crippen molar-refractivity contribution >= 4 is 17.7 Å². The number of nitrogens with one attached hydrogen (secondary N) is 1. The molecule has 0 unspecified atom stereocenters. The van der Waals surface area contributed by atoms with E-state index in [1.807, 2.05) is 20.8 Å². The Hall–Kier alpha value is -1.69. The van der Waals surface area contributed by atoms with Crippen molar-refractivity contribution in [3.63, 3.8) is 0 Å². The van der Waals surface area contributed by atoms with Gasteiger partial charge in [-0.1, -0.05) is 26.8 Å². The number of aliphatic hydroxyl groups is 1. The normalized spacial score (nSPS) is 13.8. The number of rotatable bonds is 10. The van der Waals surface area contributed by atoms with E-state index in [0.717, 1.165) is 0 Å². The topological polar surface area (TPSA) is 92.7 Å². The summed E-state index contributed by atoms with van der Waals surface area (Å²) in [7, 11) is 0. The second kappa shape index (κ2) is 10.2. The quantitative estimate of drug-likeness (QED) is 0.470. The van der Waals surface area contributed by atoms with Gasteiger partial charge in [-0.2, -0.15) is 0 Å². The minimum absolute atomic E-state index is 0.0174. The fourth-order valence-corrected chi connectivity index (χ4v) is 2.13. The van der Waals surface area contributed by atoms with Crippen LogP contribution in [0.1, 0.15) is 47.0 Å². The molecule has 0 fully saturated rings. The predicted octanol–water partition coefficient (Wildman–Crippen LogP) is 1.61. The maximum atomic E-state index is 12.3. The van der Waals surface area contributed by atoms with Crippen LogP contribution in [0.5, 0.6) is 0 Å². The molecule has 0 bridgehead atoms. The molecule has 0 aliphatic rings. The minimum atomic E-state index is -1.12. The smallest absolute Gasteiger partial charge is 0.331 e. The van der Waals surface area contributed by atoms with Gasteiger partial charge in [-0.3, -0.25) is 9.59 Å². The number of carbonyl (C=O) groups excluding carboxylic acids is 3. The first-order valence-electron chi connectivity index (χ1n) is 7.85. The van der Waals surface area contributed by atoms with Crippen LogP contribution in [0.3, 0.4) is 0 Å². The first kappa shape index (κ1) is 21.3. The van der Waals surface area contributed by atoms with Crippen molar-refractivity contribution in [3.8, 4) is 0 Å². The van der Waals surface area contributed by atoms with E-state index in [0.29, 0.717) is 12.8 Å². The van der Waals surface area contributed by atoms with Crippen molar-refractivity contribution in [1.29, 1.82) is 0 Å². The highest BCUT2D eigenvalue weighted by atomic mass is 16.5. The number of aliphatic hydroxyl groups excluding tert-OH is 1. The third-order valence-corrected chi connectivity index (χ3v) is 3.09. The molecule has 0 heterocycles. The fraction of sp³-hybridized carbons (Fsp3) is 0.706. The number of ether oxygens (including phenoxy) is 1. The lowest BCUT2D eigenvalue weighted by Crippen LogP contribution is -2.47. The van der Waals surface area contributed by atoms with Gasteiger partial charge < -0.3 is 15.2 Å². The van der Waals surface area contributed by atoms with Crippen LogP contribution in [0, 0.1) is 11.3 Å². The number of hydrogen-bond acceptors (Lipinski definition) is 5. The molecule has 0 aromatic carbocycles. The second-order valence-corrected chi connectivity index (χ2v) is 6.70. The molecule has 0 radical (unpaired) electrons. The van der Waals surface area contributed by atoms with Gasteiger partial charge in [0, 0.05) is 18.8 Å². The molecular formula is C17H29NO5. The van der Waals surface area contributed by atoms with Gasteiger partial charge in [-0.05, 0) is 18.8 Å². The Bertz CT molecular complexity index is 425. The van der Waals surface area contributed by atoms with Gasteiger partial charge in [0.2, 0.25) is 5.91 Å². The summed E-state index contributed by atoms with van der Waals surface area (Å²) in [5.74, 6) is -1.78. The van der Waals surface area contributed by atoms with Gasteiger partial charge in [-0.25, -0.2) is 4.79 Å². The Labute approximate surface area is 138 Å². The molecule has 0 saturated carbocycles. The van der Waals surface area contributed by atoms with Crippen LogP contribution >= 0.6 is 0 Å². The molecule has 6 nitrogen and oxygen atoms in total. The molecule has 0 rings (SSSR count). The lowest BCUT2D eigenvalue weighted by molar-refractivity contribution is -0.149. The highest BCUT2D eigenvalue weighted by Gasteiger charge is 2.28. The first-order valence-corrected chi connectivity index (χ1v) is 7.85. The molecule has 0 aromatic rings. The summed E-state index contributed by atoms with van der Waals surface area (Å²) in [6, 6.07) is -1.12. The van der Waals surface area contributed by atoms with Crippen LogP contribution in [-0.2, 0) is 19.1 Å². The molecule has 0 aliphatic carbocycles. The van der Waals surface area contributed by atoms with E-state index < -0.39 is 30.4 Å². The van der Waals surface area contributed by atoms with Crippen LogP contribution in [-0.4, -0.2) is 42.0 Å². The predicted molar refractivity (Wildman–Crippen MR) is 87.6 cm³/mol. The molecule has 0 spiro atoms. The zero-order valence-corrected chi connectivity index (χ0v) is 14.6. The number of Topliss-reactive ketones (excluding diaryl/α,β-unsaturated/α-hetero) is 1. The van der Waals surface area contributed by atoms with Gasteiger partial charge in [-0.15, -0.1) is 6.58 Å². The van der Waals surface area contributed by atoms with Crippen molar-refractivity contribution in [1.82, 2.24) is 5.32 Å². The number of ketones is 1. The van der Waals surface area contributed by atoms with Gasteiger partial charge in [0.25, 0.3) is 0 Å². The molecule has 0 aromatic heterocycles. The lowest BCUT2D eigenvalue weighted by atomic mass is 9.86. The zero-order chi connectivity index (χ0) is 18.0.